The maximum atomic E-state index is 12.4. The summed E-state index contributed by atoms with van der Waals surface area (Å²) in [5.74, 6) is -2.41. The number of carbonyl (C=O) groups excluding carboxylic acids is 5. The van der Waals surface area contributed by atoms with E-state index in [0.717, 1.165) is 4.90 Å². The molecule has 2 aliphatic heterocycles. The average Bonchev–Trinajstić information content (AvgIpc) is 2.71. The fourth-order valence-corrected chi connectivity index (χ4v) is 2.71. The summed E-state index contributed by atoms with van der Waals surface area (Å²) in [6.07, 6.45) is 0.132. The van der Waals surface area contributed by atoms with E-state index in [0.29, 0.717) is 0 Å². The molecule has 1 aromatic rings. The Kier molecular flexibility index (Phi) is 3.29. The van der Waals surface area contributed by atoms with Gasteiger partial charge in [-0.2, -0.15) is 0 Å². The van der Waals surface area contributed by atoms with Gasteiger partial charge in [-0.05, 0) is 36.2 Å². The van der Waals surface area contributed by atoms with Crippen molar-refractivity contribution in [3.05, 3.63) is 34.9 Å². The van der Waals surface area contributed by atoms with Crippen molar-refractivity contribution in [1.82, 2.24) is 10.2 Å². The molecule has 4 amide bonds. The fourth-order valence-electron chi connectivity index (χ4n) is 2.59. The Bertz CT molecular complexity index is 758. The molecule has 3 rings (SSSR count). The van der Waals surface area contributed by atoms with Crippen LogP contribution in [0.5, 0.6) is 0 Å². The minimum Gasteiger partial charge on any atom is -0.295 e. The largest absolute Gasteiger partial charge is 0.295 e. The van der Waals surface area contributed by atoms with E-state index in [4.69, 9.17) is 11.6 Å². The van der Waals surface area contributed by atoms with Crippen LogP contribution in [0.3, 0.4) is 0 Å². The summed E-state index contributed by atoms with van der Waals surface area (Å²) in [5.41, 5.74) is 0.226. The summed E-state index contributed by atoms with van der Waals surface area (Å²) in [4.78, 5) is 59.7. The van der Waals surface area contributed by atoms with Gasteiger partial charge >= 0.3 is 0 Å². The van der Waals surface area contributed by atoms with Crippen molar-refractivity contribution < 1.29 is 24.0 Å². The summed E-state index contributed by atoms with van der Waals surface area (Å²) in [6.45, 7) is 0. The quantitative estimate of drug-likeness (QED) is 0.630. The lowest BCUT2D eigenvalue weighted by Crippen LogP contribution is -2.54. The number of rotatable bonds is 2. The highest BCUT2D eigenvalue weighted by atomic mass is 35.5. The predicted molar refractivity (Wildman–Crippen MR) is 73.3 cm³/mol. The van der Waals surface area contributed by atoms with Crippen LogP contribution in [-0.4, -0.2) is 39.8 Å². The first-order chi connectivity index (χ1) is 10.4. The number of carbonyl (C=O) groups is 5. The summed E-state index contributed by atoms with van der Waals surface area (Å²) in [7, 11) is 0. The number of fused-ring (bicyclic) bond motifs is 1. The molecule has 8 heteroatoms. The second-order valence-electron chi connectivity index (χ2n) is 4.98. The molecule has 1 unspecified atom stereocenters. The van der Waals surface area contributed by atoms with Crippen LogP contribution >= 0.6 is 11.6 Å². The number of amides is 4. The maximum Gasteiger partial charge on any atom is 0.262 e. The number of hydrogen-bond donors (Lipinski definition) is 1. The Morgan fingerprint density at radius 3 is 2.45 bits per heavy atom. The van der Waals surface area contributed by atoms with Crippen LogP contribution in [0.4, 0.5) is 0 Å². The molecule has 1 fully saturated rings. The first kappa shape index (κ1) is 14.4. The third-order valence-corrected chi connectivity index (χ3v) is 3.88. The van der Waals surface area contributed by atoms with Gasteiger partial charge in [0.2, 0.25) is 11.8 Å². The molecule has 1 aromatic carbocycles. The van der Waals surface area contributed by atoms with Gasteiger partial charge in [0.15, 0.2) is 0 Å². The van der Waals surface area contributed by atoms with Gasteiger partial charge in [0.1, 0.15) is 6.04 Å². The van der Waals surface area contributed by atoms with Crippen molar-refractivity contribution in [3.63, 3.8) is 0 Å². The normalized spacial score (nSPS) is 21.0. The van der Waals surface area contributed by atoms with Crippen LogP contribution in [0.2, 0.25) is 0 Å². The van der Waals surface area contributed by atoms with Gasteiger partial charge in [-0.15, -0.1) is 0 Å². The molecule has 0 radical (unpaired) electrons. The Balaban J connectivity index is 1.98. The molecule has 1 N–H and O–H groups in total. The van der Waals surface area contributed by atoms with E-state index in [-0.39, 0.29) is 29.5 Å². The molecule has 0 aliphatic carbocycles. The molecule has 7 nitrogen and oxygen atoms in total. The van der Waals surface area contributed by atoms with Gasteiger partial charge in [-0.1, -0.05) is 0 Å². The second-order valence-corrected chi connectivity index (χ2v) is 5.32. The minimum absolute atomic E-state index is 0.0289. The standard InChI is InChI=1S/C14H9ClN2O5/c15-11(19)6-1-2-7-8(5-6)14(22)17(13(7)21)9-3-4-10(18)16-12(9)20/h1-2,5,9H,3-4H2,(H,16,18,20). The van der Waals surface area contributed by atoms with Crippen LogP contribution in [-0.2, 0) is 9.59 Å². The lowest BCUT2D eigenvalue weighted by Gasteiger charge is -2.27. The number of benzene rings is 1. The van der Waals surface area contributed by atoms with E-state index in [9.17, 15) is 24.0 Å². The van der Waals surface area contributed by atoms with Crippen molar-refractivity contribution in [2.24, 2.45) is 0 Å². The van der Waals surface area contributed by atoms with Crippen molar-refractivity contribution >= 4 is 40.5 Å². The molecule has 1 atom stereocenters. The van der Waals surface area contributed by atoms with Gasteiger partial charge in [0, 0.05) is 12.0 Å². The summed E-state index contributed by atoms with van der Waals surface area (Å²) in [6, 6.07) is 2.88. The first-order valence-corrected chi connectivity index (χ1v) is 6.83. The minimum atomic E-state index is -1.03. The van der Waals surface area contributed by atoms with E-state index in [1.165, 1.54) is 18.2 Å². The molecular weight excluding hydrogens is 312 g/mol. The highest BCUT2D eigenvalue weighted by Crippen LogP contribution is 2.28. The molecule has 112 valence electrons. The number of imide groups is 2. The van der Waals surface area contributed by atoms with E-state index >= 15 is 0 Å². The number of nitrogens with zero attached hydrogens (tertiary/aromatic N) is 1. The van der Waals surface area contributed by atoms with E-state index in [1.54, 1.807) is 0 Å². The van der Waals surface area contributed by atoms with Crippen LogP contribution in [0.15, 0.2) is 18.2 Å². The number of halogens is 1. The predicted octanol–water partition coefficient (Wildman–Crippen LogP) is 0.467. The molecule has 2 heterocycles. The third kappa shape index (κ3) is 2.10. The molecule has 0 bridgehead atoms. The summed E-state index contributed by atoms with van der Waals surface area (Å²) >= 11 is 5.36. The maximum absolute atomic E-state index is 12.4. The molecular formula is C14H9ClN2O5. The average molecular weight is 321 g/mol. The Labute approximate surface area is 129 Å². The lowest BCUT2D eigenvalue weighted by atomic mass is 10.0. The third-order valence-electron chi connectivity index (χ3n) is 3.67. The zero-order chi connectivity index (χ0) is 16.0. The lowest BCUT2D eigenvalue weighted by molar-refractivity contribution is -0.136. The molecule has 22 heavy (non-hydrogen) atoms. The highest BCUT2D eigenvalue weighted by molar-refractivity contribution is 6.67. The molecule has 2 aliphatic rings. The van der Waals surface area contributed by atoms with Crippen LogP contribution in [0.25, 0.3) is 0 Å². The van der Waals surface area contributed by atoms with Gasteiger partial charge in [-0.25, -0.2) is 0 Å². The second kappa shape index (κ2) is 5.03. The van der Waals surface area contributed by atoms with Crippen LogP contribution < -0.4 is 5.32 Å². The smallest absolute Gasteiger partial charge is 0.262 e. The molecule has 0 spiro atoms. The molecule has 0 saturated carbocycles. The summed E-state index contributed by atoms with van der Waals surface area (Å²) in [5, 5.41) is 1.36. The van der Waals surface area contributed by atoms with E-state index in [1.807, 2.05) is 0 Å². The highest BCUT2D eigenvalue weighted by Gasteiger charge is 2.44. The van der Waals surface area contributed by atoms with Crippen molar-refractivity contribution in [2.75, 3.05) is 0 Å². The zero-order valence-electron chi connectivity index (χ0n) is 11.1. The molecule has 0 aromatic heterocycles. The van der Waals surface area contributed by atoms with Crippen molar-refractivity contribution in [3.8, 4) is 0 Å². The Morgan fingerprint density at radius 1 is 1.14 bits per heavy atom. The monoisotopic (exact) mass is 320 g/mol. The Hall–Kier alpha value is -2.54. The number of piperidine rings is 1. The number of hydrogen-bond acceptors (Lipinski definition) is 5. The van der Waals surface area contributed by atoms with Gasteiger partial charge in [-0.3, -0.25) is 34.2 Å². The Morgan fingerprint density at radius 2 is 1.82 bits per heavy atom. The van der Waals surface area contributed by atoms with Gasteiger partial charge in [0.05, 0.1) is 11.1 Å². The van der Waals surface area contributed by atoms with Crippen molar-refractivity contribution in [2.45, 2.75) is 18.9 Å². The number of nitrogens with one attached hydrogen (secondary N) is 1. The van der Waals surface area contributed by atoms with E-state index in [2.05, 4.69) is 5.32 Å². The molecule has 1 saturated heterocycles. The van der Waals surface area contributed by atoms with E-state index < -0.39 is 34.9 Å². The summed E-state index contributed by atoms with van der Waals surface area (Å²) < 4.78 is 0. The topological polar surface area (TPSA) is 101 Å². The first-order valence-electron chi connectivity index (χ1n) is 6.45. The SMILES string of the molecule is O=C1CCC(N2C(=O)c3ccc(C(=O)Cl)cc3C2=O)C(=O)N1. The van der Waals surface area contributed by atoms with Gasteiger partial charge in [0.25, 0.3) is 17.1 Å². The van der Waals surface area contributed by atoms with Crippen molar-refractivity contribution in [1.29, 1.82) is 0 Å². The van der Waals surface area contributed by atoms with Gasteiger partial charge < -0.3 is 0 Å². The van der Waals surface area contributed by atoms with Crippen LogP contribution in [0, 0.1) is 0 Å². The fraction of sp³-hybridized carbons (Fsp3) is 0.214. The van der Waals surface area contributed by atoms with Crippen LogP contribution in [0.1, 0.15) is 43.9 Å². The zero-order valence-corrected chi connectivity index (χ0v) is 11.8.